The number of hydrogen-bond donors (Lipinski definition) is 4. The normalized spacial score (nSPS) is 15.9. The number of amidine groups is 1. The molecule has 0 bridgehead atoms. The second kappa shape index (κ2) is 11.3. The number of carbonyl (C=O) groups excluding carboxylic acids is 1. The largest absolute Gasteiger partial charge is 0.378 e. The summed E-state index contributed by atoms with van der Waals surface area (Å²) in [6.45, 7) is 5.31. The SMILES string of the molecule is C/C=C(Br)\C(=C(/C(=N)N)[N+](=O)[O-])N1CCN(CCNC(=O)Nc2ccccc2)CC1. The van der Waals surface area contributed by atoms with Crippen LogP contribution in [0.25, 0.3) is 0 Å². The summed E-state index contributed by atoms with van der Waals surface area (Å²) in [4.78, 5) is 26.8. The minimum atomic E-state index is -0.621. The second-order valence-corrected chi connectivity index (χ2v) is 7.43. The number of urea groups is 1. The van der Waals surface area contributed by atoms with Gasteiger partial charge in [-0.05, 0) is 35.0 Å². The number of halogens is 1. The number of nitrogens with one attached hydrogen (secondary N) is 3. The average molecular weight is 480 g/mol. The molecular formula is C19H26BrN7O3. The highest BCUT2D eigenvalue weighted by Gasteiger charge is 2.30. The van der Waals surface area contributed by atoms with E-state index in [4.69, 9.17) is 11.1 Å². The Kier molecular flexibility index (Phi) is 8.81. The number of nitro groups is 1. The standard InChI is InChI=1S/C19H26BrN7O3/c1-2-15(20)16(17(18(21)22)27(29)30)26-12-10-25(11-13-26)9-8-23-19(28)24-14-6-4-3-5-7-14/h2-7H,8-13H2,1H3,(H3,21,22)(H2,23,24,28)/b15-2+,17-16-. The van der Waals surface area contributed by atoms with Gasteiger partial charge in [-0.15, -0.1) is 0 Å². The van der Waals surface area contributed by atoms with E-state index in [1.807, 2.05) is 35.2 Å². The molecule has 2 rings (SSSR count). The van der Waals surface area contributed by atoms with Crippen LogP contribution in [0.2, 0.25) is 0 Å². The molecule has 0 aliphatic carbocycles. The first-order chi connectivity index (χ1) is 14.3. The highest BCUT2D eigenvalue weighted by atomic mass is 79.9. The molecule has 1 fully saturated rings. The van der Waals surface area contributed by atoms with Crippen molar-refractivity contribution >= 4 is 33.5 Å². The third-order valence-electron chi connectivity index (χ3n) is 4.58. The fourth-order valence-corrected chi connectivity index (χ4v) is 3.52. The van der Waals surface area contributed by atoms with Gasteiger partial charge in [-0.3, -0.25) is 20.4 Å². The number of rotatable bonds is 8. The lowest BCUT2D eigenvalue weighted by molar-refractivity contribution is -0.417. The van der Waals surface area contributed by atoms with Crippen LogP contribution in [0, 0.1) is 15.5 Å². The molecule has 1 aromatic carbocycles. The van der Waals surface area contributed by atoms with Gasteiger partial charge in [-0.1, -0.05) is 24.3 Å². The molecule has 11 heteroatoms. The lowest BCUT2D eigenvalue weighted by atomic mass is 10.2. The van der Waals surface area contributed by atoms with Crippen molar-refractivity contribution < 1.29 is 9.72 Å². The number of piperazine rings is 1. The average Bonchev–Trinajstić information content (AvgIpc) is 2.72. The van der Waals surface area contributed by atoms with Gasteiger partial charge in [-0.2, -0.15) is 0 Å². The van der Waals surface area contributed by atoms with E-state index in [1.165, 1.54) is 0 Å². The molecule has 1 heterocycles. The number of allylic oxidation sites excluding steroid dienone is 2. The maximum atomic E-state index is 11.9. The number of anilines is 1. The monoisotopic (exact) mass is 479 g/mol. The Bertz CT molecular complexity index is 818. The van der Waals surface area contributed by atoms with E-state index >= 15 is 0 Å². The molecule has 0 spiro atoms. The number of para-hydroxylation sites is 1. The molecule has 0 saturated carbocycles. The summed E-state index contributed by atoms with van der Waals surface area (Å²) in [6, 6.07) is 8.93. The van der Waals surface area contributed by atoms with Crippen molar-refractivity contribution in [2.45, 2.75) is 6.92 Å². The van der Waals surface area contributed by atoms with E-state index in [2.05, 4.69) is 31.5 Å². The summed E-state index contributed by atoms with van der Waals surface area (Å²) < 4.78 is 0.525. The van der Waals surface area contributed by atoms with Crippen molar-refractivity contribution in [3.63, 3.8) is 0 Å². The van der Waals surface area contributed by atoms with Crippen molar-refractivity contribution in [2.75, 3.05) is 44.6 Å². The van der Waals surface area contributed by atoms with Crippen LogP contribution in [-0.4, -0.2) is 65.9 Å². The van der Waals surface area contributed by atoms with E-state index < -0.39 is 16.5 Å². The Morgan fingerprint density at radius 2 is 1.93 bits per heavy atom. The van der Waals surface area contributed by atoms with E-state index in [9.17, 15) is 14.9 Å². The zero-order chi connectivity index (χ0) is 22.1. The number of amides is 2. The number of benzene rings is 1. The number of nitrogens with two attached hydrogens (primary N) is 1. The van der Waals surface area contributed by atoms with Gasteiger partial charge < -0.3 is 21.3 Å². The number of hydrogen-bond acceptors (Lipinski definition) is 6. The highest BCUT2D eigenvalue weighted by molar-refractivity contribution is 9.12. The fourth-order valence-electron chi connectivity index (χ4n) is 3.08. The molecule has 0 unspecified atom stereocenters. The van der Waals surface area contributed by atoms with Gasteiger partial charge in [0.05, 0.1) is 4.92 Å². The smallest absolute Gasteiger partial charge is 0.334 e. The van der Waals surface area contributed by atoms with Crippen LogP contribution in [0.5, 0.6) is 0 Å². The lowest BCUT2D eigenvalue weighted by Crippen LogP contribution is -2.49. The predicted molar refractivity (Wildman–Crippen MR) is 120 cm³/mol. The molecule has 1 saturated heterocycles. The minimum absolute atomic E-state index is 0.265. The van der Waals surface area contributed by atoms with Crippen molar-refractivity contribution in [3.05, 3.63) is 62.4 Å². The summed E-state index contributed by atoms with van der Waals surface area (Å²) in [5.41, 5.74) is 6.10. The first-order valence-corrected chi connectivity index (χ1v) is 10.2. The van der Waals surface area contributed by atoms with E-state index in [0.29, 0.717) is 49.4 Å². The van der Waals surface area contributed by atoms with Gasteiger partial charge in [0.15, 0.2) is 5.84 Å². The minimum Gasteiger partial charge on any atom is -0.378 e. The van der Waals surface area contributed by atoms with E-state index in [0.717, 1.165) is 5.69 Å². The van der Waals surface area contributed by atoms with Crippen LogP contribution >= 0.6 is 15.9 Å². The summed E-state index contributed by atoms with van der Waals surface area (Å²) in [5.74, 6) is -0.579. The molecule has 5 N–H and O–H groups in total. The van der Waals surface area contributed by atoms with Gasteiger partial charge in [0, 0.05) is 49.4 Å². The zero-order valence-electron chi connectivity index (χ0n) is 16.7. The van der Waals surface area contributed by atoms with Crippen LogP contribution in [-0.2, 0) is 0 Å². The van der Waals surface area contributed by atoms with Gasteiger partial charge in [0.2, 0.25) is 0 Å². The Balaban J connectivity index is 1.88. The zero-order valence-corrected chi connectivity index (χ0v) is 18.3. The molecule has 2 amide bonds. The van der Waals surface area contributed by atoms with Crippen molar-refractivity contribution in [1.82, 2.24) is 15.1 Å². The second-order valence-electron chi connectivity index (χ2n) is 6.58. The molecule has 1 aromatic rings. The Morgan fingerprint density at radius 1 is 1.30 bits per heavy atom. The van der Waals surface area contributed by atoms with Gasteiger partial charge >= 0.3 is 11.7 Å². The lowest BCUT2D eigenvalue weighted by Gasteiger charge is -2.36. The van der Waals surface area contributed by atoms with Gasteiger partial charge in [0.1, 0.15) is 5.70 Å². The molecule has 0 aromatic heterocycles. The maximum Gasteiger partial charge on any atom is 0.334 e. The van der Waals surface area contributed by atoms with Crippen molar-refractivity contribution in [2.24, 2.45) is 5.73 Å². The van der Waals surface area contributed by atoms with Crippen LogP contribution in [0.4, 0.5) is 10.5 Å². The molecule has 10 nitrogen and oxygen atoms in total. The van der Waals surface area contributed by atoms with Gasteiger partial charge in [-0.25, -0.2) is 4.79 Å². The highest BCUT2D eigenvalue weighted by Crippen LogP contribution is 2.26. The first-order valence-electron chi connectivity index (χ1n) is 9.46. The maximum absolute atomic E-state index is 11.9. The molecule has 30 heavy (non-hydrogen) atoms. The number of carbonyl (C=O) groups is 1. The molecule has 1 aliphatic heterocycles. The van der Waals surface area contributed by atoms with E-state index in [-0.39, 0.29) is 6.03 Å². The van der Waals surface area contributed by atoms with Crippen LogP contribution in [0.15, 0.2) is 52.3 Å². The van der Waals surface area contributed by atoms with Crippen LogP contribution in [0.3, 0.4) is 0 Å². The van der Waals surface area contributed by atoms with E-state index in [1.54, 1.807) is 13.0 Å². The van der Waals surface area contributed by atoms with Crippen molar-refractivity contribution in [1.29, 1.82) is 5.41 Å². The van der Waals surface area contributed by atoms with Crippen LogP contribution in [0.1, 0.15) is 6.92 Å². The summed E-state index contributed by atoms with van der Waals surface area (Å²) in [7, 11) is 0. The third kappa shape index (κ3) is 6.56. The fraction of sp³-hybridized carbons (Fsp3) is 0.368. The summed E-state index contributed by atoms with van der Waals surface area (Å²) in [5, 5.41) is 24.6. The molecular weight excluding hydrogens is 454 g/mol. The van der Waals surface area contributed by atoms with Gasteiger partial charge in [0.25, 0.3) is 0 Å². The topological polar surface area (TPSA) is 141 Å². The molecule has 0 atom stereocenters. The first kappa shape index (κ1) is 23.4. The molecule has 162 valence electrons. The molecule has 1 aliphatic rings. The van der Waals surface area contributed by atoms with Crippen molar-refractivity contribution in [3.8, 4) is 0 Å². The quantitative estimate of drug-likeness (QED) is 0.148. The number of nitrogens with zero attached hydrogens (tertiary/aromatic N) is 3. The summed E-state index contributed by atoms with van der Waals surface area (Å²) >= 11 is 3.35. The Hall–Kier alpha value is -2.92. The van der Waals surface area contributed by atoms with Crippen LogP contribution < -0.4 is 16.4 Å². The predicted octanol–water partition coefficient (Wildman–Crippen LogP) is 2.15. The molecule has 0 radical (unpaired) electrons. The Morgan fingerprint density at radius 3 is 2.47 bits per heavy atom. The third-order valence-corrected chi connectivity index (χ3v) is 5.41. The Labute approximate surface area is 183 Å². The summed E-state index contributed by atoms with van der Waals surface area (Å²) in [6.07, 6.45) is 1.70.